The van der Waals surface area contributed by atoms with E-state index in [0.29, 0.717) is 22.7 Å². The minimum absolute atomic E-state index is 0.0150. The number of nitrogens with one attached hydrogen (secondary N) is 2. The smallest absolute Gasteiger partial charge is 0.264 e. The fourth-order valence-corrected chi connectivity index (χ4v) is 5.50. The van der Waals surface area contributed by atoms with Crippen LogP contribution in [0.3, 0.4) is 0 Å². The molecule has 0 heterocycles. The number of hydrazone groups is 1. The van der Waals surface area contributed by atoms with Crippen molar-refractivity contribution in [1.82, 2.24) is 5.43 Å². The SMILES string of the molecule is COc1ccc(NC(=O)COc2ccc(/C=N/NC(=O)CN(c3cc(Cl)ccc3OC)S(=O)(=O)c3ccccc3)cc2)cc1. The summed E-state index contributed by atoms with van der Waals surface area (Å²) in [5, 5.41) is 6.94. The van der Waals surface area contributed by atoms with Crippen LogP contribution in [0.1, 0.15) is 5.56 Å². The fourth-order valence-electron chi connectivity index (χ4n) is 3.89. The van der Waals surface area contributed by atoms with Crippen molar-refractivity contribution in [3.05, 3.63) is 108 Å². The number of methoxy groups -OCH3 is 2. The molecule has 0 fully saturated rings. The van der Waals surface area contributed by atoms with Gasteiger partial charge < -0.3 is 19.5 Å². The summed E-state index contributed by atoms with van der Waals surface area (Å²) in [6.07, 6.45) is 1.38. The molecule has 0 aromatic heterocycles. The first kappa shape index (κ1) is 31.9. The quantitative estimate of drug-likeness (QED) is 0.160. The average molecular weight is 637 g/mol. The Morgan fingerprint density at radius 2 is 1.55 bits per heavy atom. The van der Waals surface area contributed by atoms with Gasteiger partial charge in [0, 0.05) is 10.7 Å². The van der Waals surface area contributed by atoms with Crippen molar-refractivity contribution in [2.45, 2.75) is 4.90 Å². The molecule has 0 atom stereocenters. The van der Waals surface area contributed by atoms with Gasteiger partial charge in [0.15, 0.2) is 6.61 Å². The maximum absolute atomic E-state index is 13.6. The van der Waals surface area contributed by atoms with Crippen molar-refractivity contribution in [2.24, 2.45) is 5.10 Å². The Labute approximate surface area is 260 Å². The Kier molecular flexibility index (Phi) is 10.8. The molecule has 0 aliphatic rings. The first-order chi connectivity index (χ1) is 21.2. The highest BCUT2D eigenvalue weighted by molar-refractivity contribution is 7.92. The van der Waals surface area contributed by atoms with Crippen LogP contribution >= 0.6 is 11.6 Å². The molecule has 2 N–H and O–H groups in total. The number of carbonyl (C=O) groups is 2. The summed E-state index contributed by atoms with van der Waals surface area (Å²) in [5.41, 5.74) is 3.67. The third-order valence-corrected chi connectivity index (χ3v) is 8.06. The molecule has 228 valence electrons. The summed E-state index contributed by atoms with van der Waals surface area (Å²) in [4.78, 5) is 25.1. The van der Waals surface area contributed by atoms with Crippen molar-refractivity contribution in [3.63, 3.8) is 0 Å². The first-order valence-electron chi connectivity index (χ1n) is 13.1. The van der Waals surface area contributed by atoms with Crippen molar-refractivity contribution in [3.8, 4) is 17.2 Å². The number of sulfonamides is 1. The number of hydrogen-bond acceptors (Lipinski definition) is 8. The molecule has 0 aliphatic heterocycles. The van der Waals surface area contributed by atoms with Gasteiger partial charge >= 0.3 is 0 Å². The maximum Gasteiger partial charge on any atom is 0.264 e. The number of halogens is 1. The van der Waals surface area contributed by atoms with E-state index in [-0.39, 0.29) is 33.9 Å². The highest BCUT2D eigenvalue weighted by atomic mass is 35.5. The third kappa shape index (κ3) is 8.49. The second kappa shape index (κ2) is 14.9. The summed E-state index contributed by atoms with van der Waals surface area (Å²) < 4.78 is 44.0. The highest BCUT2D eigenvalue weighted by Gasteiger charge is 2.29. The van der Waals surface area contributed by atoms with E-state index in [1.54, 1.807) is 79.9 Å². The normalized spacial score (nSPS) is 11.1. The van der Waals surface area contributed by atoms with Crippen molar-refractivity contribution < 1.29 is 32.2 Å². The molecular formula is C31H29ClN4O7S. The van der Waals surface area contributed by atoms with E-state index in [9.17, 15) is 18.0 Å². The van der Waals surface area contributed by atoms with Crippen LogP contribution in [-0.2, 0) is 19.6 Å². The topological polar surface area (TPSA) is 136 Å². The van der Waals surface area contributed by atoms with Gasteiger partial charge in [0.25, 0.3) is 21.8 Å². The Balaban J connectivity index is 1.37. The Morgan fingerprint density at radius 3 is 2.20 bits per heavy atom. The Hall–Kier alpha value is -5.07. The van der Waals surface area contributed by atoms with E-state index >= 15 is 0 Å². The number of hydrogen-bond donors (Lipinski definition) is 2. The lowest BCUT2D eigenvalue weighted by molar-refractivity contribution is -0.119. The number of amides is 2. The van der Waals surface area contributed by atoms with Crippen molar-refractivity contribution >= 4 is 51.0 Å². The van der Waals surface area contributed by atoms with Crippen LogP contribution in [0.2, 0.25) is 5.02 Å². The molecule has 44 heavy (non-hydrogen) atoms. The van der Waals surface area contributed by atoms with E-state index < -0.39 is 22.5 Å². The van der Waals surface area contributed by atoms with Gasteiger partial charge in [0.1, 0.15) is 23.8 Å². The van der Waals surface area contributed by atoms with Crippen molar-refractivity contribution in [2.75, 3.05) is 37.0 Å². The number of anilines is 2. The van der Waals surface area contributed by atoms with Gasteiger partial charge in [-0.3, -0.25) is 13.9 Å². The molecule has 0 saturated heterocycles. The maximum atomic E-state index is 13.6. The largest absolute Gasteiger partial charge is 0.497 e. The monoisotopic (exact) mass is 636 g/mol. The van der Waals surface area contributed by atoms with Gasteiger partial charge in [-0.15, -0.1) is 0 Å². The number of ether oxygens (including phenoxy) is 3. The number of nitrogens with zero attached hydrogens (tertiary/aromatic N) is 2. The lowest BCUT2D eigenvalue weighted by atomic mass is 10.2. The molecule has 4 aromatic carbocycles. The van der Waals surface area contributed by atoms with Gasteiger partial charge in [-0.2, -0.15) is 5.10 Å². The minimum Gasteiger partial charge on any atom is -0.497 e. The fraction of sp³-hybridized carbons (Fsp3) is 0.129. The summed E-state index contributed by atoms with van der Waals surface area (Å²) in [5.74, 6) is 0.311. The number of rotatable bonds is 13. The lowest BCUT2D eigenvalue weighted by Gasteiger charge is -2.25. The van der Waals surface area contributed by atoms with Crippen LogP contribution in [0.15, 0.2) is 107 Å². The van der Waals surface area contributed by atoms with Gasteiger partial charge in [-0.05, 0) is 84.4 Å². The number of carbonyl (C=O) groups excluding carboxylic acids is 2. The van der Waals surface area contributed by atoms with E-state index in [2.05, 4.69) is 15.8 Å². The molecule has 0 saturated carbocycles. The van der Waals surface area contributed by atoms with E-state index in [4.69, 9.17) is 25.8 Å². The molecule has 11 nitrogen and oxygen atoms in total. The van der Waals surface area contributed by atoms with Crippen LogP contribution in [0, 0.1) is 0 Å². The molecule has 0 spiro atoms. The van der Waals surface area contributed by atoms with Gasteiger partial charge in [0.2, 0.25) is 0 Å². The van der Waals surface area contributed by atoms with Gasteiger partial charge in [-0.1, -0.05) is 29.8 Å². The zero-order valence-electron chi connectivity index (χ0n) is 23.8. The molecule has 4 aromatic rings. The van der Waals surface area contributed by atoms with E-state index in [1.165, 1.54) is 37.6 Å². The second-order valence-electron chi connectivity index (χ2n) is 9.07. The van der Waals surface area contributed by atoms with Crippen LogP contribution in [0.25, 0.3) is 0 Å². The molecule has 0 bridgehead atoms. The van der Waals surface area contributed by atoms with Crippen molar-refractivity contribution in [1.29, 1.82) is 0 Å². The van der Waals surface area contributed by atoms with E-state index in [0.717, 1.165) is 4.31 Å². The standard InChI is InChI=1S/C31H29ClN4O7S/c1-41-25-15-11-24(12-16-25)34-31(38)21-43-26-13-8-22(9-14-26)19-33-35-30(37)20-36(28-18-23(32)10-17-29(28)42-2)44(39,40)27-6-4-3-5-7-27/h3-19H,20-21H2,1-2H3,(H,34,38)(H,35,37)/b33-19+. The number of benzene rings is 4. The van der Waals surface area contributed by atoms with Crippen LogP contribution in [0.5, 0.6) is 17.2 Å². The highest BCUT2D eigenvalue weighted by Crippen LogP contribution is 2.34. The molecule has 2 amide bonds. The predicted octanol–water partition coefficient (Wildman–Crippen LogP) is 4.72. The van der Waals surface area contributed by atoms with Gasteiger partial charge in [0.05, 0.1) is 31.0 Å². The summed E-state index contributed by atoms with van der Waals surface area (Å²) in [6, 6.07) is 25.7. The second-order valence-corrected chi connectivity index (χ2v) is 11.4. The third-order valence-electron chi connectivity index (χ3n) is 6.05. The predicted molar refractivity (Wildman–Crippen MR) is 168 cm³/mol. The lowest BCUT2D eigenvalue weighted by Crippen LogP contribution is -2.39. The summed E-state index contributed by atoms with van der Waals surface area (Å²) in [6.45, 7) is -0.800. The Bertz CT molecular complexity index is 1720. The molecular weight excluding hydrogens is 608 g/mol. The molecule has 0 aliphatic carbocycles. The van der Waals surface area contributed by atoms with Gasteiger partial charge in [-0.25, -0.2) is 13.8 Å². The molecule has 0 radical (unpaired) electrons. The van der Waals surface area contributed by atoms with Crippen LogP contribution in [0.4, 0.5) is 11.4 Å². The first-order valence-corrected chi connectivity index (χ1v) is 14.9. The molecule has 13 heteroatoms. The average Bonchev–Trinajstić information content (AvgIpc) is 3.04. The summed E-state index contributed by atoms with van der Waals surface area (Å²) >= 11 is 6.16. The molecule has 0 unspecified atom stereocenters. The molecule has 4 rings (SSSR count). The minimum atomic E-state index is -4.18. The zero-order chi connectivity index (χ0) is 31.5. The van der Waals surface area contributed by atoms with Crippen LogP contribution in [-0.4, -0.2) is 53.8 Å². The van der Waals surface area contributed by atoms with E-state index in [1.807, 2.05) is 0 Å². The van der Waals surface area contributed by atoms with Crippen LogP contribution < -0.4 is 29.3 Å². The summed E-state index contributed by atoms with van der Waals surface area (Å²) in [7, 11) is -1.23. The zero-order valence-corrected chi connectivity index (χ0v) is 25.3. The Morgan fingerprint density at radius 1 is 0.864 bits per heavy atom.